The van der Waals surface area contributed by atoms with E-state index >= 15 is 0 Å². The number of thioether (sulfide) groups is 1. The van der Waals surface area contributed by atoms with E-state index < -0.39 is 0 Å². The van der Waals surface area contributed by atoms with Crippen LogP contribution in [0.3, 0.4) is 0 Å². The molecule has 0 aliphatic carbocycles. The van der Waals surface area contributed by atoms with Gasteiger partial charge < -0.3 is 24.4 Å². The van der Waals surface area contributed by atoms with E-state index in [4.69, 9.17) is 25.0 Å². The lowest BCUT2D eigenvalue weighted by atomic mass is 10.0. The average Bonchev–Trinajstić information content (AvgIpc) is 3.44. The molecule has 1 aromatic rings. The maximum atomic E-state index is 8.49. The van der Waals surface area contributed by atoms with Crippen LogP contribution in [0.4, 0.5) is 0 Å². The number of benzene rings is 1. The zero-order valence-electron chi connectivity index (χ0n) is 17.0. The normalized spacial score (nSPS) is 23.2. The molecule has 1 fully saturated rings. The molecule has 0 amide bonds. The molecular weight excluding hydrogens is 390 g/mol. The Labute approximate surface area is 174 Å². The fraction of sp³-hybridized carbons (Fsp3) is 0.450. The molecule has 3 aliphatic heterocycles. The lowest BCUT2D eigenvalue weighted by Gasteiger charge is -2.17. The lowest BCUT2D eigenvalue weighted by Crippen LogP contribution is -2.25. The zero-order valence-corrected chi connectivity index (χ0v) is 17.8. The van der Waals surface area contributed by atoms with Gasteiger partial charge in [-0.2, -0.15) is 0 Å². The monoisotopic (exact) mass is 415 g/mol. The second-order valence-electron chi connectivity index (χ2n) is 7.12. The van der Waals surface area contributed by atoms with Crippen molar-refractivity contribution < 1.29 is 14.2 Å². The summed E-state index contributed by atoms with van der Waals surface area (Å²) in [6.07, 6.45) is 2.31. The Kier molecular flexibility index (Phi) is 5.16. The van der Waals surface area contributed by atoms with Gasteiger partial charge in [0.15, 0.2) is 22.5 Å². The summed E-state index contributed by atoms with van der Waals surface area (Å²) >= 11 is 1.47. The molecule has 8 nitrogen and oxygen atoms in total. The van der Waals surface area contributed by atoms with Crippen molar-refractivity contribution in [2.75, 3.05) is 34.4 Å². The van der Waals surface area contributed by atoms with E-state index in [9.17, 15) is 0 Å². The number of rotatable bonds is 4. The molecule has 1 unspecified atom stereocenters. The smallest absolute Gasteiger partial charge is 0.171 e. The van der Waals surface area contributed by atoms with E-state index in [-0.39, 0.29) is 11.7 Å². The van der Waals surface area contributed by atoms with E-state index in [0.717, 1.165) is 31.1 Å². The zero-order chi connectivity index (χ0) is 20.7. The number of amidine groups is 3. The van der Waals surface area contributed by atoms with Gasteiger partial charge in [-0.05, 0) is 24.1 Å². The third kappa shape index (κ3) is 3.13. The first-order valence-corrected chi connectivity index (χ1v) is 10.4. The number of likely N-dealkylation sites (tertiary alicyclic amines) is 1. The Morgan fingerprint density at radius 1 is 1.17 bits per heavy atom. The van der Waals surface area contributed by atoms with Crippen LogP contribution in [0.5, 0.6) is 17.2 Å². The maximum Gasteiger partial charge on any atom is 0.171 e. The largest absolute Gasteiger partial charge is 0.496 e. The van der Waals surface area contributed by atoms with Gasteiger partial charge >= 0.3 is 0 Å². The number of fused-ring (bicyclic) bond motifs is 1. The summed E-state index contributed by atoms with van der Waals surface area (Å²) in [5, 5.41) is 20.9. The van der Waals surface area contributed by atoms with Crippen LogP contribution in [-0.2, 0) is 0 Å². The number of ether oxygens (including phenoxy) is 3. The molecular formula is C20H25N5O3S. The predicted octanol–water partition coefficient (Wildman–Crippen LogP) is 3.12. The van der Waals surface area contributed by atoms with Gasteiger partial charge in [0.2, 0.25) is 0 Å². The van der Waals surface area contributed by atoms with E-state index in [1.165, 1.54) is 11.8 Å². The minimum absolute atomic E-state index is 0.192. The van der Waals surface area contributed by atoms with Crippen LogP contribution >= 0.6 is 11.8 Å². The van der Waals surface area contributed by atoms with E-state index in [1.54, 1.807) is 27.4 Å². The first-order chi connectivity index (χ1) is 14.0. The Balaban J connectivity index is 1.78. The molecule has 0 bridgehead atoms. The molecule has 0 spiro atoms. The van der Waals surface area contributed by atoms with Crippen molar-refractivity contribution in [3.63, 3.8) is 0 Å². The summed E-state index contributed by atoms with van der Waals surface area (Å²) < 4.78 is 16.6. The molecule has 1 atom stereocenters. The van der Waals surface area contributed by atoms with Crippen molar-refractivity contribution in [2.24, 2.45) is 10.9 Å². The first-order valence-electron chi connectivity index (χ1n) is 9.56. The Morgan fingerprint density at radius 3 is 2.55 bits per heavy atom. The SMILES string of the molecule is CCC1CCN(C2=NC(=N)/C(=C3\NC(=N)c4c(OC)cc(OC)c(OC)c43)S2)C1. The highest BCUT2D eigenvalue weighted by Crippen LogP contribution is 2.48. The molecule has 9 heteroatoms. The standard InChI is InChI=1S/C20H25N5O3S/c1-5-10-6-7-25(9-10)20-24-19(22)17(29-20)15-14-13(18(21)23-15)11(26-2)8-12(27-3)16(14)28-4/h8,10,22H,5-7,9H2,1-4H3,(H2,21,23)/b17-15+,22-19?. The quantitative estimate of drug-likeness (QED) is 0.698. The number of aliphatic imine (C=N–C) groups is 1. The van der Waals surface area contributed by atoms with Crippen molar-refractivity contribution in [3.8, 4) is 17.2 Å². The predicted molar refractivity (Wildman–Crippen MR) is 116 cm³/mol. The Morgan fingerprint density at radius 2 is 1.93 bits per heavy atom. The van der Waals surface area contributed by atoms with Gasteiger partial charge in [-0.15, -0.1) is 0 Å². The summed E-state index contributed by atoms with van der Waals surface area (Å²) in [7, 11) is 4.69. The van der Waals surface area contributed by atoms with Crippen LogP contribution in [0.15, 0.2) is 16.0 Å². The van der Waals surface area contributed by atoms with Crippen molar-refractivity contribution in [3.05, 3.63) is 22.1 Å². The van der Waals surface area contributed by atoms with Crippen molar-refractivity contribution in [2.45, 2.75) is 19.8 Å². The fourth-order valence-electron chi connectivity index (χ4n) is 3.99. The van der Waals surface area contributed by atoms with Crippen LogP contribution in [0, 0.1) is 16.7 Å². The molecule has 0 aromatic heterocycles. The van der Waals surface area contributed by atoms with Gasteiger partial charge in [0, 0.05) is 19.2 Å². The van der Waals surface area contributed by atoms with Gasteiger partial charge in [-0.25, -0.2) is 4.99 Å². The second-order valence-corrected chi connectivity index (χ2v) is 8.10. The van der Waals surface area contributed by atoms with Gasteiger partial charge in [-0.3, -0.25) is 10.8 Å². The number of nitrogens with zero attached hydrogens (tertiary/aromatic N) is 2. The van der Waals surface area contributed by atoms with E-state index in [2.05, 4.69) is 22.1 Å². The maximum absolute atomic E-state index is 8.49. The third-order valence-corrected chi connectivity index (χ3v) is 6.71. The molecule has 1 aromatic carbocycles. The van der Waals surface area contributed by atoms with Gasteiger partial charge in [0.1, 0.15) is 11.6 Å². The molecule has 3 aliphatic rings. The minimum Gasteiger partial charge on any atom is -0.496 e. The number of hydrogen-bond donors (Lipinski definition) is 3. The summed E-state index contributed by atoms with van der Waals surface area (Å²) in [6, 6.07) is 1.71. The molecule has 29 heavy (non-hydrogen) atoms. The molecule has 154 valence electrons. The molecule has 4 rings (SSSR count). The Bertz CT molecular complexity index is 956. The highest BCUT2D eigenvalue weighted by Gasteiger charge is 2.37. The van der Waals surface area contributed by atoms with Crippen molar-refractivity contribution >= 4 is 34.3 Å². The summed E-state index contributed by atoms with van der Waals surface area (Å²) in [4.78, 5) is 7.45. The number of nitrogens with one attached hydrogen (secondary N) is 3. The fourth-order valence-corrected chi connectivity index (χ4v) is 5.00. The van der Waals surface area contributed by atoms with Crippen LogP contribution in [0.25, 0.3) is 5.70 Å². The van der Waals surface area contributed by atoms with Crippen LogP contribution in [0.2, 0.25) is 0 Å². The topological polar surface area (TPSA) is 103 Å². The third-order valence-electron chi connectivity index (χ3n) is 5.58. The summed E-state index contributed by atoms with van der Waals surface area (Å²) in [5.41, 5.74) is 1.91. The number of methoxy groups -OCH3 is 3. The van der Waals surface area contributed by atoms with E-state index in [1.807, 2.05) is 0 Å². The first kappa shape index (κ1) is 19.6. The second kappa shape index (κ2) is 7.62. The van der Waals surface area contributed by atoms with Crippen molar-refractivity contribution in [1.29, 1.82) is 10.8 Å². The highest BCUT2D eigenvalue weighted by atomic mass is 32.2. The van der Waals surface area contributed by atoms with Gasteiger partial charge in [0.25, 0.3) is 0 Å². The van der Waals surface area contributed by atoms with Crippen LogP contribution in [0.1, 0.15) is 30.9 Å². The summed E-state index contributed by atoms with van der Waals surface area (Å²) in [6.45, 7) is 4.15. The van der Waals surface area contributed by atoms with Gasteiger partial charge in [0.05, 0.1) is 43.1 Å². The van der Waals surface area contributed by atoms with Crippen LogP contribution in [-0.4, -0.2) is 56.2 Å². The Hall–Kier alpha value is -2.68. The van der Waals surface area contributed by atoms with E-state index in [0.29, 0.717) is 44.9 Å². The molecule has 3 N–H and O–H groups in total. The van der Waals surface area contributed by atoms with Crippen LogP contribution < -0.4 is 19.5 Å². The molecule has 0 radical (unpaired) electrons. The lowest BCUT2D eigenvalue weighted by molar-refractivity contribution is 0.348. The highest BCUT2D eigenvalue weighted by molar-refractivity contribution is 8.18. The molecule has 1 saturated heterocycles. The molecule has 3 heterocycles. The van der Waals surface area contributed by atoms with Crippen molar-refractivity contribution in [1.82, 2.24) is 10.2 Å². The molecule has 0 saturated carbocycles. The van der Waals surface area contributed by atoms with Gasteiger partial charge in [-0.1, -0.05) is 13.3 Å². The minimum atomic E-state index is 0.192. The number of hydrogen-bond acceptors (Lipinski definition) is 7. The summed E-state index contributed by atoms with van der Waals surface area (Å²) in [5.74, 6) is 2.61. The average molecular weight is 416 g/mol.